The summed E-state index contributed by atoms with van der Waals surface area (Å²) in [4.78, 5) is 23.3. The van der Waals surface area contributed by atoms with E-state index in [2.05, 4.69) is 13.2 Å². The van der Waals surface area contributed by atoms with E-state index in [9.17, 15) is 9.69 Å². The van der Waals surface area contributed by atoms with Gasteiger partial charge < -0.3 is 28.5 Å². The highest BCUT2D eigenvalue weighted by Gasteiger charge is 2.16. The third-order valence-corrected chi connectivity index (χ3v) is 7.57. The predicted molar refractivity (Wildman–Crippen MR) is 158 cm³/mol. The summed E-state index contributed by atoms with van der Waals surface area (Å²) in [6.45, 7) is 8.05. The SMILES string of the molecule is C=P([O-])(OCC[C+](C)C)OC(COCCCCCCCCCCCCCCCC)COCCCCC(=O)O. The quantitative estimate of drug-likeness (QED) is 0.0544. The monoisotopic (exact) mass is 562 g/mol. The minimum Gasteiger partial charge on any atom is -0.789 e. The molecule has 0 aromatic carbocycles. The van der Waals surface area contributed by atoms with E-state index in [0.29, 0.717) is 39.1 Å². The van der Waals surface area contributed by atoms with Crippen molar-refractivity contribution in [3.8, 4) is 0 Å². The van der Waals surface area contributed by atoms with Gasteiger partial charge in [0.2, 0.25) is 0 Å². The molecule has 0 fully saturated rings. The molecule has 38 heavy (non-hydrogen) atoms. The van der Waals surface area contributed by atoms with Gasteiger partial charge in [-0.05, 0) is 19.3 Å². The number of carboxylic acid groups (broad SMARTS) is 1. The van der Waals surface area contributed by atoms with Crippen molar-refractivity contribution in [3.63, 3.8) is 0 Å². The van der Waals surface area contributed by atoms with E-state index < -0.39 is 19.6 Å². The Morgan fingerprint density at radius 3 is 1.68 bits per heavy atom. The van der Waals surface area contributed by atoms with E-state index in [1.807, 2.05) is 13.8 Å². The number of unbranched alkanes of at least 4 members (excludes halogenated alkanes) is 14. The van der Waals surface area contributed by atoms with Gasteiger partial charge in [-0.25, -0.2) is 0 Å². The summed E-state index contributed by atoms with van der Waals surface area (Å²) in [5.41, 5.74) is 0. The van der Waals surface area contributed by atoms with Gasteiger partial charge in [0.25, 0.3) is 0 Å². The molecule has 0 amide bonds. The average molecular weight is 563 g/mol. The molecular formula is C30H59O7P. The van der Waals surface area contributed by atoms with Crippen LogP contribution in [0.2, 0.25) is 0 Å². The van der Waals surface area contributed by atoms with Gasteiger partial charge >= 0.3 is 5.97 Å². The lowest BCUT2D eigenvalue weighted by Crippen LogP contribution is -2.28. The van der Waals surface area contributed by atoms with Gasteiger partial charge in [-0.2, -0.15) is 0 Å². The van der Waals surface area contributed by atoms with Crippen LogP contribution in [0, 0.1) is 5.92 Å². The molecule has 0 saturated carbocycles. The lowest BCUT2D eigenvalue weighted by atomic mass is 10.0. The van der Waals surface area contributed by atoms with Crippen LogP contribution >= 0.6 is 7.57 Å². The Balaban J connectivity index is 3.98. The Hall–Kier alpha value is -0.560. The maximum atomic E-state index is 12.6. The van der Waals surface area contributed by atoms with Crippen molar-refractivity contribution in [1.82, 2.24) is 0 Å². The number of ether oxygens (including phenoxy) is 2. The van der Waals surface area contributed by atoms with Crippen molar-refractivity contribution in [2.45, 2.75) is 142 Å². The molecular weight excluding hydrogens is 503 g/mol. The molecule has 0 aliphatic rings. The van der Waals surface area contributed by atoms with Crippen LogP contribution in [-0.4, -0.2) is 56.5 Å². The van der Waals surface area contributed by atoms with Crippen molar-refractivity contribution in [1.29, 1.82) is 0 Å². The average Bonchev–Trinajstić information content (AvgIpc) is 2.84. The van der Waals surface area contributed by atoms with Crippen LogP contribution in [0.4, 0.5) is 0 Å². The zero-order valence-electron chi connectivity index (χ0n) is 24.9. The maximum absolute atomic E-state index is 12.6. The minimum atomic E-state index is -3.47. The van der Waals surface area contributed by atoms with Gasteiger partial charge in [0.1, 0.15) is 12.5 Å². The Labute approximate surface area is 234 Å². The number of rotatable bonds is 30. The molecule has 0 rings (SSSR count). The zero-order valence-corrected chi connectivity index (χ0v) is 25.8. The number of hydrogen-bond acceptors (Lipinski definition) is 6. The molecule has 0 aliphatic heterocycles. The van der Waals surface area contributed by atoms with E-state index >= 15 is 0 Å². The first kappa shape index (κ1) is 37.4. The van der Waals surface area contributed by atoms with Gasteiger partial charge in [0, 0.05) is 27.2 Å². The van der Waals surface area contributed by atoms with Gasteiger partial charge in [-0.3, -0.25) is 4.79 Å². The molecule has 0 aliphatic carbocycles. The van der Waals surface area contributed by atoms with E-state index in [1.54, 1.807) is 0 Å². The summed E-state index contributed by atoms with van der Waals surface area (Å²) >= 11 is 0. The molecule has 0 saturated heterocycles. The van der Waals surface area contributed by atoms with Gasteiger partial charge in [0.15, 0.2) is 0 Å². The van der Waals surface area contributed by atoms with Crippen LogP contribution in [0.15, 0.2) is 0 Å². The van der Waals surface area contributed by atoms with E-state index in [-0.39, 0.29) is 19.6 Å². The molecule has 0 radical (unpaired) electrons. The molecule has 0 bridgehead atoms. The third-order valence-electron chi connectivity index (χ3n) is 6.38. The highest BCUT2D eigenvalue weighted by atomic mass is 31.2. The van der Waals surface area contributed by atoms with Gasteiger partial charge in [-0.1, -0.05) is 96.7 Å². The first-order valence-corrected chi connectivity index (χ1v) is 16.9. The molecule has 2 atom stereocenters. The summed E-state index contributed by atoms with van der Waals surface area (Å²) < 4.78 is 22.5. The molecule has 0 aromatic heterocycles. The van der Waals surface area contributed by atoms with Crippen molar-refractivity contribution in [2.24, 2.45) is 0 Å². The second kappa shape index (κ2) is 26.7. The van der Waals surface area contributed by atoms with Gasteiger partial charge in [0.05, 0.1) is 39.6 Å². The second-order valence-electron chi connectivity index (χ2n) is 10.7. The Kier molecular flexibility index (Phi) is 26.3. The Bertz CT molecular complexity index is 571. The third kappa shape index (κ3) is 28.4. The molecule has 1 N–H and O–H groups in total. The summed E-state index contributed by atoms with van der Waals surface area (Å²) in [6.07, 6.45) is 23.5. The summed E-state index contributed by atoms with van der Waals surface area (Å²) in [5, 5.41) is 8.73. The maximum Gasteiger partial charge on any atom is 0.303 e. The minimum absolute atomic E-state index is 0.126. The van der Waals surface area contributed by atoms with E-state index in [4.69, 9.17) is 23.6 Å². The van der Waals surface area contributed by atoms with Crippen molar-refractivity contribution >= 4 is 19.8 Å². The van der Waals surface area contributed by atoms with Gasteiger partial charge in [-0.15, -0.1) is 0 Å². The molecule has 8 heteroatoms. The largest absolute Gasteiger partial charge is 0.789 e. The standard InChI is InChI=1S/C30H59O7P/c1-5-6-7-8-9-10-11-12-13-14-15-16-17-19-23-34-26-29(27-35-24-20-18-21-30(31)32)37-38(4,33)36-25-22-28(2)3/h29H,4-27H2,1-3H3,(H-,31,32,33). The lowest BCUT2D eigenvalue weighted by Gasteiger charge is -2.33. The molecule has 0 aromatic rings. The number of hydrogen-bond donors (Lipinski definition) is 1. The zero-order chi connectivity index (χ0) is 28.3. The normalized spacial score (nSPS) is 13.9. The van der Waals surface area contributed by atoms with Crippen molar-refractivity contribution in [3.05, 3.63) is 5.92 Å². The first-order chi connectivity index (χ1) is 18.3. The molecule has 7 nitrogen and oxygen atoms in total. The van der Waals surface area contributed by atoms with Crippen LogP contribution in [0.1, 0.15) is 136 Å². The summed E-state index contributed by atoms with van der Waals surface area (Å²) in [7, 11) is -3.47. The fourth-order valence-electron chi connectivity index (χ4n) is 4.06. The highest BCUT2D eigenvalue weighted by Crippen LogP contribution is 2.39. The summed E-state index contributed by atoms with van der Waals surface area (Å²) in [6, 6.07) is 0. The van der Waals surface area contributed by atoms with Crippen molar-refractivity contribution in [2.75, 3.05) is 33.0 Å². The lowest BCUT2D eigenvalue weighted by molar-refractivity contribution is -0.215. The number of carbonyl (C=O) groups is 1. The molecule has 2 unspecified atom stereocenters. The topological polar surface area (TPSA) is 97.3 Å². The van der Waals surface area contributed by atoms with Crippen LogP contribution in [-0.2, 0) is 23.3 Å². The summed E-state index contributed by atoms with van der Waals surface area (Å²) in [5.74, 6) is 0.376. The van der Waals surface area contributed by atoms with Crippen LogP contribution < -0.4 is 4.89 Å². The van der Waals surface area contributed by atoms with Crippen LogP contribution in [0.25, 0.3) is 0 Å². The second-order valence-corrected chi connectivity index (χ2v) is 12.4. The Morgan fingerprint density at radius 2 is 1.24 bits per heavy atom. The first-order valence-electron chi connectivity index (χ1n) is 15.2. The molecule has 226 valence electrons. The smallest absolute Gasteiger partial charge is 0.303 e. The highest BCUT2D eigenvalue weighted by molar-refractivity contribution is 7.57. The number of carboxylic acids is 1. The Morgan fingerprint density at radius 1 is 0.789 bits per heavy atom. The van der Waals surface area contributed by atoms with Crippen LogP contribution in [0.5, 0.6) is 0 Å². The number of aliphatic carboxylic acids is 1. The molecule has 0 spiro atoms. The predicted octanol–water partition coefficient (Wildman–Crippen LogP) is 7.72. The molecule has 0 heterocycles. The van der Waals surface area contributed by atoms with E-state index in [0.717, 1.165) is 12.8 Å². The fraction of sp³-hybridized carbons (Fsp3) is 0.900. The fourth-order valence-corrected chi connectivity index (χ4v) is 5.07. The van der Waals surface area contributed by atoms with Crippen LogP contribution in [0.3, 0.4) is 0 Å². The van der Waals surface area contributed by atoms with E-state index in [1.165, 1.54) is 83.0 Å². The van der Waals surface area contributed by atoms with Crippen molar-refractivity contribution < 1.29 is 33.3 Å².